The third-order valence-electron chi connectivity index (χ3n) is 2.29. The zero-order valence-electron chi connectivity index (χ0n) is 10.8. The van der Waals surface area contributed by atoms with Gasteiger partial charge in [-0.05, 0) is 34.1 Å². The minimum atomic E-state index is -0.257. The molecule has 0 fully saturated rings. The van der Waals surface area contributed by atoms with Crippen LogP contribution in [0.5, 0.6) is 0 Å². The van der Waals surface area contributed by atoms with Gasteiger partial charge >= 0.3 is 0 Å². The molecule has 0 unspecified atom stereocenters. The summed E-state index contributed by atoms with van der Waals surface area (Å²) in [6, 6.07) is 0. The van der Waals surface area contributed by atoms with Crippen molar-refractivity contribution >= 4 is 11.7 Å². The Morgan fingerprint density at radius 1 is 1.25 bits per heavy atom. The van der Waals surface area contributed by atoms with Crippen molar-refractivity contribution in [1.82, 2.24) is 5.32 Å². The quantitative estimate of drug-likeness (QED) is 0.689. The average molecular weight is 229 g/mol. The van der Waals surface area contributed by atoms with E-state index in [0.29, 0.717) is 32.4 Å². The maximum absolute atomic E-state index is 11.4. The van der Waals surface area contributed by atoms with Crippen LogP contribution < -0.4 is 5.32 Å². The topological polar surface area (TPSA) is 55.4 Å². The molecule has 0 aromatic rings. The van der Waals surface area contributed by atoms with Crippen molar-refractivity contribution in [3.63, 3.8) is 0 Å². The first-order chi connectivity index (χ1) is 7.37. The molecule has 94 valence electrons. The zero-order chi connectivity index (χ0) is 12.6. The summed E-state index contributed by atoms with van der Waals surface area (Å²) in [5, 5.41) is 2.71. The van der Waals surface area contributed by atoms with Crippen molar-refractivity contribution < 1.29 is 14.3 Å². The van der Waals surface area contributed by atoms with Gasteiger partial charge in [0.05, 0.1) is 5.60 Å². The Labute approximate surface area is 97.7 Å². The first-order valence-corrected chi connectivity index (χ1v) is 5.77. The van der Waals surface area contributed by atoms with Crippen LogP contribution in [0.3, 0.4) is 0 Å². The fraction of sp³-hybridized carbons (Fsp3) is 0.833. The standard InChI is InChI=1S/C12H23NO3/c1-5-16-12(3,4)8-6-11(15)13-9-7-10(2)14/h5-9H2,1-4H3,(H,13,15). The SMILES string of the molecule is CCOC(C)(C)CCC(=O)NCCC(C)=O. The molecule has 0 bridgehead atoms. The van der Waals surface area contributed by atoms with Gasteiger partial charge in [0.2, 0.25) is 5.91 Å². The van der Waals surface area contributed by atoms with Crippen LogP contribution in [0.1, 0.15) is 47.0 Å². The molecule has 0 aromatic heterocycles. The highest BCUT2D eigenvalue weighted by Crippen LogP contribution is 2.16. The monoisotopic (exact) mass is 229 g/mol. The van der Waals surface area contributed by atoms with E-state index in [2.05, 4.69) is 5.32 Å². The van der Waals surface area contributed by atoms with E-state index in [1.807, 2.05) is 20.8 Å². The van der Waals surface area contributed by atoms with E-state index in [-0.39, 0.29) is 17.3 Å². The summed E-state index contributed by atoms with van der Waals surface area (Å²) in [4.78, 5) is 22.1. The fourth-order valence-corrected chi connectivity index (χ4v) is 1.34. The molecular weight excluding hydrogens is 206 g/mol. The van der Waals surface area contributed by atoms with E-state index < -0.39 is 0 Å². The number of ketones is 1. The van der Waals surface area contributed by atoms with Crippen molar-refractivity contribution in [2.45, 2.75) is 52.6 Å². The van der Waals surface area contributed by atoms with E-state index in [9.17, 15) is 9.59 Å². The average Bonchev–Trinajstić information content (AvgIpc) is 2.14. The van der Waals surface area contributed by atoms with Crippen molar-refractivity contribution in [2.24, 2.45) is 0 Å². The van der Waals surface area contributed by atoms with Crippen molar-refractivity contribution in [3.05, 3.63) is 0 Å². The number of hydrogen-bond donors (Lipinski definition) is 1. The van der Waals surface area contributed by atoms with Gasteiger partial charge < -0.3 is 10.1 Å². The van der Waals surface area contributed by atoms with Crippen LogP contribution >= 0.6 is 0 Å². The third-order valence-corrected chi connectivity index (χ3v) is 2.29. The van der Waals surface area contributed by atoms with Gasteiger partial charge in [-0.15, -0.1) is 0 Å². The number of rotatable bonds is 8. The van der Waals surface area contributed by atoms with Crippen LogP contribution in [0, 0.1) is 0 Å². The van der Waals surface area contributed by atoms with Crippen LogP contribution in [0.4, 0.5) is 0 Å². The smallest absolute Gasteiger partial charge is 0.220 e. The molecule has 0 atom stereocenters. The second-order valence-corrected chi connectivity index (χ2v) is 4.49. The number of carbonyl (C=O) groups is 2. The van der Waals surface area contributed by atoms with Gasteiger partial charge in [0.15, 0.2) is 0 Å². The van der Waals surface area contributed by atoms with Crippen molar-refractivity contribution in [3.8, 4) is 0 Å². The molecule has 4 heteroatoms. The summed E-state index contributed by atoms with van der Waals surface area (Å²) in [6.07, 6.45) is 1.53. The molecule has 0 spiro atoms. The van der Waals surface area contributed by atoms with Crippen LogP contribution in [-0.4, -0.2) is 30.4 Å². The molecule has 1 amide bonds. The Morgan fingerprint density at radius 2 is 1.88 bits per heavy atom. The van der Waals surface area contributed by atoms with Crippen LogP contribution in [0.15, 0.2) is 0 Å². The number of carbonyl (C=O) groups excluding carboxylic acids is 2. The summed E-state index contributed by atoms with van der Waals surface area (Å²) in [7, 11) is 0. The Kier molecular flexibility index (Phi) is 6.97. The van der Waals surface area contributed by atoms with Gasteiger partial charge in [0.25, 0.3) is 0 Å². The number of ether oxygens (including phenoxy) is 1. The van der Waals surface area contributed by atoms with Crippen molar-refractivity contribution in [1.29, 1.82) is 0 Å². The highest BCUT2D eigenvalue weighted by molar-refractivity contribution is 5.78. The zero-order valence-corrected chi connectivity index (χ0v) is 10.8. The minimum absolute atomic E-state index is 0.0194. The van der Waals surface area contributed by atoms with Crippen LogP contribution in [0.25, 0.3) is 0 Å². The van der Waals surface area contributed by atoms with Gasteiger partial charge in [-0.2, -0.15) is 0 Å². The molecule has 0 saturated carbocycles. The molecule has 1 N–H and O–H groups in total. The Bertz CT molecular complexity index is 236. The lowest BCUT2D eigenvalue weighted by Gasteiger charge is -2.24. The van der Waals surface area contributed by atoms with Gasteiger partial charge in [0.1, 0.15) is 5.78 Å². The van der Waals surface area contributed by atoms with E-state index in [1.54, 1.807) is 0 Å². The molecule has 16 heavy (non-hydrogen) atoms. The van der Waals surface area contributed by atoms with Gasteiger partial charge in [-0.3, -0.25) is 9.59 Å². The normalized spacial score (nSPS) is 11.2. The molecule has 0 saturated heterocycles. The fourth-order valence-electron chi connectivity index (χ4n) is 1.34. The Hall–Kier alpha value is -0.900. The molecule has 4 nitrogen and oxygen atoms in total. The first-order valence-electron chi connectivity index (χ1n) is 5.77. The van der Waals surface area contributed by atoms with E-state index in [1.165, 1.54) is 6.92 Å². The van der Waals surface area contributed by atoms with Gasteiger partial charge in [-0.1, -0.05) is 0 Å². The lowest BCUT2D eigenvalue weighted by atomic mass is 10.0. The molecule has 0 rings (SSSR count). The summed E-state index contributed by atoms with van der Waals surface area (Å²) >= 11 is 0. The molecule has 0 aliphatic rings. The second kappa shape index (κ2) is 7.39. The highest BCUT2D eigenvalue weighted by Gasteiger charge is 2.18. The Balaban J connectivity index is 3.68. The molecule has 0 heterocycles. The lowest BCUT2D eigenvalue weighted by Crippen LogP contribution is -2.30. The third kappa shape index (κ3) is 8.41. The molecule has 0 aliphatic carbocycles. The first kappa shape index (κ1) is 15.1. The Morgan fingerprint density at radius 3 is 2.38 bits per heavy atom. The van der Waals surface area contributed by atoms with Crippen LogP contribution in [0.2, 0.25) is 0 Å². The largest absolute Gasteiger partial charge is 0.376 e. The minimum Gasteiger partial charge on any atom is -0.376 e. The number of Topliss-reactive ketones (excluding diaryl/α,β-unsaturated/α-hetero) is 1. The van der Waals surface area contributed by atoms with E-state index in [0.717, 1.165) is 0 Å². The van der Waals surface area contributed by atoms with E-state index >= 15 is 0 Å². The van der Waals surface area contributed by atoms with Crippen LogP contribution in [-0.2, 0) is 14.3 Å². The summed E-state index contributed by atoms with van der Waals surface area (Å²) in [5.74, 6) is 0.0731. The highest BCUT2D eigenvalue weighted by atomic mass is 16.5. The van der Waals surface area contributed by atoms with Gasteiger partial charge in [0, 0.05) is 26.0 Å². The summed E-state index contributed by atoms with van der Waals surface area (Å²) in [6.45, 7) is 8.49. The number of nitrogens with one attached hydrogen (secondary N) is 1. The molecule has 0 aliphatic heterocycles. The second-order valence-electron chi connectivity index (χ2n) is 4.49. The lowest BCUT2D eigenvalue weighted by molar-refractivity contribution is -0.123. The molecular formula is C12H23NO3. The molecule has 0 radical (unpaired) electrons. The van der Waals surface area contributed by atoms with Gasteiger partial charge in [-0.25, -0.2) is 0 Å². The maximum Gasteiger partial charge on any atom is 0.220 e. The predicted molar refractivity (Wildman–Crippen MR) is 63.2 cm³/mol. The molecule has 0 aromatic carbocycles. The van der Waals surface area contributed by atoms with E-state index in [4.69, 9.17) is 4.74 Å². The predicted octanol–water partition coefficient (Wildman–Crippen LogP) is 1.68. The van der Waals surface area contributed by atoms with Crippen molar-refractivity contribution in [2.75, 3.05) is 13.2 Å². The summed E-state index contributed by atoms with van der Waals surface area (Å²) < 4.78 is 5.49. The maximum atomic E-state index is 11.4. The number of hydrogen-bond acceptors (Lipinski definition) is 3. The summed E-state index contributed by atoms with van der Waals surface area (Å²) in [5.41, 5.74) is -0.257. The number of amides is 1.